The van der Waals surface area contributed by atoms with E-state index in [-0.39, 0.29) is 18.3 Å². The van der Waals surface area contributed by atoms with Crippen LogP contribution in [0.3, 0.4) is 0 Å². The minimum Gasteiger partial charge on any atom is -0.481 e. The lowest BCUT2D eigenvalue weighted by molar-refractivity contribution is -0.135. The zero-order valence-corrected chi connectivity index (χ0v) is 15.1. The van der Waals surface area contributed by atoms with E-state index < -0.39 is 5.82 Å². The van der Waals surface area contributed by atoms with E-state index in [0.29, 0.717) is 13.1 Å². The molecule has 2 aromatic rings. The molecule has 1 aliphatic rings. The first kappa shape index (κ1) is 17.8. The van der Waals surface area contributed by atoms with Crippen molar-refractivity contribution < 1.29 is 13.9 Å². The fourth-order valence-electron chi connectivity index (χ4n) is 2.76. The molecule has 1 amide bonds. The predicted octanol–water partition coefficient (Wildman–Crippen LogP) is 2.57. The van der Waals surface area contributed by atoms with Crippen molar-refractivity contribution in [3.63, 3.8) is 0 Å². The van der Waals surface area contributed by atoms with Crippen LogP contribution < -0.4 is 4.74 Å². The van der Waals surface area contributed by atoms with Gasteiger partial charge in [0.2, 0.25) is 0 Å². The number of piperazine rings is 1. The number of thiazole rings is 1. The van der Waals surface area contributed by atoms with E-state index in [2.05, 4.69) is 22.2 Å². The van der Waals surface area contributed by atoms with Gasteiger partial charge >= 0.3 is 0 Å². The van der Waals surface area contributed by atoms with E-state index in [1.807, 2.05) is 0 Å². The number of aryl methyl sites for hydroxylation is 1. The highest BCUT2D eigenvalue weighted by atomic mass is 32.1. The number of amides is 1. The Kier molecular flexibility index (Phi) is 5.99. The second-order valence-corrected chi connectivity index (χ2v) is 6.90. The molecule has 0 unspecified atom stereocenters. The van der Waals surface area contributed by atoms with Crippen LogP contribution in [0.4, 0.5) is 4.39 Å². The van der Waals surface area contributed by atoms with Gasteiger partial charge in [-0.15, -0.1) is 11.3 Å². The number of para-hydroxylation sites is 1. The van der Waals surface area contributed by atoms with E-state index in [4.69, 9.17) is 4.74 Å². The van der Waals surface area contributed by atoms with Crippen molar-refractivity contribution in [2.75, 3.05) is 32.8 Å². The number of hydrogen-bond acceptors (Lipinski definition) is 5. The van der Waals surface area contributed by atoms with Gasteiger partial charge < -0.3 is 9.64 Å². The standard InChI is InChI=1S/C18H22FN3O2S/c1-2-17-20-14(13-25-17)11-21-7-9-22(10-8-21)18(23)12-24-16-6-4-3-5-15(16)19/h3-6,13H,2,7-12H2,1H3. The molecule has 1 aliphatic heterocycles. The Hall–Kier alpha value is -1.99. The average molecular weight is 363 g/mol. The molecule has 1 fully saturated rings. The topological polar surface area (TPSA) is 45.7 Å². The summed E-state index contributed by atoms with van der Waals surface area (Å²) >= 11 is 1.70. The molecule has 0 radical (unpaired) electrons. The van der Waals surface area contributed by atoms with Crippen LogP contribution in [0.15, 0.2) is 29.6 Å². The fraction of sp³-hybridized carbons (Fsp3) is 0.444. The number of aromatic nitrogens is 1. The highest BCUT2D eigenvalue weighted by molar-refractivity contribution is 7.09. The number of carbonyl (C=O) groups excluding carboxylic acids is 1. The minimum absolute atomic E-state index is 0.107. The quantitative estimate of drug-likeness (QED) is 0.791. The van der Waals surface area contributed by atoms with Gasteiger partial charge in [-0.1, -0.05) is 19.1 Å². The summed E-state index contributed by atoms with van der Waals surface area (Å²) in [6, 6.07) is 6.12. The maximum absolute atomic E-state index is 13.5. The summed E-state index contributed by atoms with van der Waals surface area (Å²) in [5.74, 6) is -0.440. The first-order chi connectivity index (χ1) is 12.2. The smallest absolute Gasteiger partial charge is 0.260 e. The summed E-state index contributed by atoms with van der Waals surface area (Å²) in [6.07, 6.45) is 0.967. The summed E-state index contributed by atoms with van der Waals surface area (Å²) in [6.45, 7) is 5.73. The maximum atomic E-state index is 13.5. The minimum atomic E-state index is -0.449. The van der Waals surface area contributed by atoms with Gasteiger partial charge in [0, 0.05) is 38.1 Å². The van der Waals surface area contributed by atoms with E-state index in [1.165, 1.54) is 12.1 Å². The van der Waals surface area contributed by atoms with E-state index in [9.17, 15) is 9.18 Å². The number of hydrogen-bond donors (Lipinski definition) is 0. The molecule has 1 aromatic carbocycles. The Bertz CT molecular complexity index is 714. The number of rotatable bonds is 6. The van der Waals surface area contributed by atoms with Gasteiger partial charge in [-0.25, -0.2) is 9.37 Å². The largest absolute Gasteiger partial charge is 0.481 e. The molecule has 7 heteroatoms. The van der Waals surface area contributed by atoms with Crippen LogP contribution in [0, 0.1) is 5.82 Å². The highest BCUT2D eigenvalue weighted by Gasteiger charge is 2.22. The molecule has 0 saturated carbocycles. The lowest BCUT2D eigenvalue weighted by atomic mass is 10.3. The Morgan fingerprint density at radius 1 is 1.28 bits per heavy atom. The Labute approximate surface area is 151 Å². The predicted molar refractivity (Wildman–Crippen MR) is 95.2 cm³/mol. The molecule has 2 heterocycles. The van der Waals surface area contributed by atoms with Crippen LogP contribution >= 0.6 is 11.3 Å². The molecular formula is C18H22FN3O2S. The SMILES string of the molecule is CCc1nc(CN2CCN(C(=O)COc3ccccc3F)CC2)cs1. The average Bonchev–Trinajstić information content (AvgIpc) is 3.09. The van der Waals surface area contributed by atoms with Crippen LogP contribution in [0.25, 0.3) is 0 Å². The first-order valence-corrected chi connectivity index (χ1v) is 9.34. The molecule has 0 atom stereocenters. The second-order valence-electron chi connectivity index (χ2n) is 5.96. The van der Waals surface area contributed by atoms with Crippen molar-refractivity contribution in [3.05, 3.63) is 46.2 Å². The van der Waals surface area contributed by atoms with Gasteiger partial charge in [-0.2, -0.15) is 0 Å². The van der Waals surface area contributed by atoms with Crippen molar-refractivity contribution in [2.45, 2.75) is 19.9 Å². The van der Waals surface area contributed by atoms with Gasteiger partial charge in [0.05, 0.1) is 10.7 Å². The number of halogens is 1. The summed E-state index contributed by atoms with van der Waals surface area (Å²) in [5.41, 5.74) is 1.10. The number of carbonyl (C=O) groups is 1. The van der Waals surface area contributed by atoms with Crippen molar-refractivity contribution in [3.8, 4) is 5.75 Å². The van der Waals surface area contributed by atoms with Gasteiger partial charge in [-0.3, -0.25) is 9.69 Å². The van der Waals surface area contributed by atoms with Crippen molar-refractivity contribution in [2.24, 2.45) is 0 Å². The molecule has 1 saturated heterocycles. The first-order valence-electron chi connectivity index (χ1n) is 8.46. The molecule has 134 valence electrons. The lowest BCUT2D eigenvalue weighted by Gasteiger charge is -2.34. The zero-order chi connectivity index (χ0) is 17.6. The molecule has 25 heavy (non-hydrogen) atoms. The van der Waals surface area contributed by atoms with Gasteiger partial charge in [0.15, 0.2) is 18.2 Å². The fourth-order valence-corrected chi connectivity index (χ4v) is 3.50. The Morgan fingerprint density at radius 3 is 2.72 bits per heavy atom. The molecule has 0 bridgehead atoms. The van der Waals surface area contributed by atoms with Crippen LogP contribution in [0.5, 0.6) is 5.75 Å². The third-order valence-electron chi connectivity index (χ3n) is 4.20. The third-order valence-corrected chi connectivity index (χ3v) is 5.24. The van der Waals surface area contributed by atoms with E-state index in [1.54, 1.807) is 28.4 Å². The zero-order valence-electron chi connectivity index (χ0n) is 14.3. The summed E-state index contributed by atoms with van der Waals surface area (Å²) in [4.78, 5) is 20.9. The molecule has 0 spiro atoms. The maximum Gasteiger partial charge on any atom is 0.260 e. The molecular weight excluding hydrogens is 341 g/mol. The van der Waals surface area contributed by atoms with Crippen LogP contribution in [-0.2, 0) is 17.8 Å². The lowest BCUT2D eigenvalue weighted by Crippen LogP contribution is -2.49. The van der Waals surface area contributed by atoms with Gasteiger partial charge in [0.25, 0.3) is 5.91 Å². The molecule has 0 aliphatic carbocycles. The molecule has 3 rings (SSSR count). The van der Waals surface area contributed by atoms with Gasteiger partial charge in [0.1, 0.15) is 0 Å². The van der Waals surface area contributed by atoms with Crippen LogP contribution in [0.2, 0.25) is 0 Å². The van der Waals surface area contributed by atoms with Crippen molar-refractivity contribution in [1.82, 2.24) is 14.8 Å². The van der Waals surface area contributed by atoms with Crippen molar-refractivity contribution >= 4 is 17.2 Å². The monoisotopic (exact) mass is 363 g/mol. The summed E-state index contributed by atoms with van der Waals surface area (Å²) < 4.78 is 18.8. The number of benzene rings is 1. The summed E-state index contributed by atoms with van der Waals surface area (Å²) in [7, 11) is 0. The third kappa shape index (κ3) is 4.76. The highest BCUT2D eigenvalue weighted by Crippen LogP contribution is 2.16. The number of ether oxygens (including phenoxy) is 1. The Balaban J connectivity index is 1.43. The van der Waals surface area contributed by atoms with Crippen molar-refractivity contribution in [1.29, 1.82) is 0 Å². The molecule has 1 aromatic heterocycles. The van der Waals surface area contributed by atoms with E-state index in [0.717, 1.165) is 36.8 Å². The normalized spacial score (nSPS) is 15.4. The summed E-state index contributed by atoms with van der Waals surface area (Å²) in [5, 5.41) is 3.27. The Morgan fingerprint density at radius 2 is 2.04 bits per heavy atom. The second kappa shape index (κ2) is 8.40. The molecule has 5 nitrogen and oxygen atoms in total. The number of nitrogens with zero attached hydrogens (tertiary/aromatic N) is 3. The van der Waals surface area contributed by atoms with E-state index >= 15 is 0 Å². The van der Waals surface area contributed by atoms with Crippen LogP contribution in [0.1, 0.15) is 17.6 Å². The van der Waals surface area contributed by atoms with Gasteiger partial charge in [-0.05, 0) is 18.6 Å². The molecule has 0 N–H and O–H groups in total. The van der Waals surface area contributed by atoms with Crippen LogP contribution in [-0.4, -0.2) is 53.5 Å².